The largest absolute Gasteiger partial charge is 0.497 e. The van der Waals surface area contributed by atoms with E-state index in [4.69, 9.17) is 21.1 Å². The van der Waals surface area contributed by atoms with Crippen molar-refractivity contribution >= 4 is 33.2 Å². The highest BCUT2D eigenvalue weighted by molar-refractivity contribution is 7.89. The van der Waals surface area contributed by atoms with E-state index >= 15 is 0 Å². The first-order chi connectivity index (χ1) is 13.8. The molecule has 0 radical (unpaired) electrons. The Balaban J connectivity index is 1.79. The molecule has 1 saturated heterocycles. The monoisotopic (exact) mass is 438 g/mol. The molecule has 0 aliphatic carbocycles. The van der Waals surface area contributed by atoms with Crippen molar-refractivity contribution in [3.63, 3.8) is 0 Å². The Morgan fingerprint density at radius 3 is 2.52 bits per heavy atom. The second-order valence-corrected chi connectivity index (χ2v) is 9.06. The molecular weight excluding hydrogens is 416 g/mol. The number of carbonyl (C=O) groups excluding carboxylic acids is 1. The molecule has 29 heavy (non-hydrogen) atoms. The van der Waals surface area contributed by atoms with Crippen LogP contribution in [0.5, 0.6) is 11.5 Å². The molecule has 0 spiro atoms. The number of nitrogens with zero attached hydrogens (tertiary/aromatic N) is 1. The fourth-order valence-corrected chi connectivity index (χ4v) is 5.10. The summed E-state index contributed by atoms with van der Waals surface area (Å²) in [6.45, 7) is 0.440. The lowest BCUT2D eigenvalue weighted by Gasteiger charge is -2.31. The standard InChI is InChI=1S/C20H23ClN2O5S/c1-27-17-9-10-18(28-2)19(12-17)29(25,26)23-11-3-4-14(13-23)20(24)22-16-7-5-15(21)6-8-16/h5-10,12,14H,3-4,11,13H2,1-2H3,(H,22,24)/t14-/m1/s1. The summed E-state index contributed by atoms with van der Waals surface area (Å²) in [5.41, 5.74) is 0.619. The van der Waals surface area contributed by atoms with Gasteiger partial charge in [-0.3, -0.25) is 4.79 Å². The van der Waals surface area contributed by atoms with Gasteiger partial charge in [0.05, 0.1) is 20.1 Å². The lowest BCUT2D eigenvalue weighted by atomic mass is 9.99. The van der Waals surface area contributed by atoms with Crippen LogP contribution in [0.25, 0.3) is 0 Å². The van der Waals surface area contributed by atoms with Crippen molar-refractivity contribution < 1.29 is 22.7 Å². The number of piperidine rings is 1. The van der Waals surface area contributed by atoms with E-state index < -0.39 is 15.9 Å². The molecule has 156 valence electrons. The van der Waals surface area contributed by atoms with Crippen molar-refractivity contribution in [3.05, 3.63) is 47.5 Å². The molecule has 3 rings (SSSR count). The van der Waals surface area contributed by atoms with Gasteiger partial charge in [-0.2, -0.15) is 4.31 Å². The van der Waals surface area contributed by atoms with E-state index in [1.54, 1.807) is 36.4 Å². The van der Waals surface area contributed by atoms with E-state index in [1.165, 1.54) is 24.6 Å². The van der Waals surface area contributed by atoms with Crippen molar-refractivity contribution in [3.8, 4) is 11.5 Å². The Kier molecular flexibility index (Phi) is 6.66. The van der Waals surface area contributed by atoms with Gasteiger partial charge in [-0.15, -0.1) is 0 Å². The fraction of sp³-hybridized carbons (Fsp3) is 0.350. The van der Waals surface area contributed by atoms with Gasteiger partial charge in [0.15, 0.2) is 0 Å². The molecule has 1 aliphatic heterocycles. The van der Waals surface area contributed by atoms with Gasteiger partial charge < -0.3 is 14.8 Å². The predicted octanol–water partition coefficient (Wildman–Crippen LogP) is 3.40. The molecule has 7 nitrogen and oxygen atoms in total. The summed E-state index contributed by atoms with van der Waals surface area (Å²) in [5, 5.41) is 3.40. The van der Waals surface area contributed by atoms with Crippen LogP contribution in [0.2, 0.25) is 5.02 Å². The number of anilines is 1. The number of benzene rings is 2. The Hall–Kier alpha value is -2.29. The van der Waals surface area contributed by atoms with Gasteiger partial charge in [-0.1, -0.05) is 11.6 Å². The van der Waals surface area contributed by atoms with Gasteiger partial charge in [0.2, 0.25) is 15.9 Å². The average molecular weight is 439 g/mol. The van der Waals surface area contributed by atoms with E-state index in [0.717, 1.165) is 0 Å². The highest BCUT2D eigenvalue weighted by Gasteiger charge is 2.35. The first kappa shape index (κ1) is 21.4. The molecule has 2 aromatic rings. The summed E-state index contributed by atoms with van der Waals surface area (Å²) in [5.74, 6) is -0.0207. The van der Waals surface area contributed by atoms with E-state index in [2.05, 4.69) is 5.32 Å². The van der Waals surface area contributed by atoms with Gasteiger partial charge in [-0.25, -0.2) is 8.42 Å². The number of nitrogens with one attached hydrogen (secondary N) is 1. The second-order valence-electron chi connectivity index (χ2n) is 6.72. The Morgan fingerprint density at radius 1 is 1.14 bits per heavy atom. The number of amides is 1. The minimum atomic E-state index is -3.85. The number of ether oxygens (including phenoxy) is 2. The molecule has 1 aliphatic rings. The highest BCUT2D eigenvalue weighted by Crippen LogP contribution is 2.33. The summed E-state index contributed by atoms with van der Waals surface area (Å²) in [6.07, 6.45) is 1.20. The first-order valence-electron chi connectivity index (χ1n) is 9.13. The Morgan fingerprint density at radius 2 is 1.86 bits per heavy atom. The predicted molar refractivity (Wildman–Crippen MR) is 111 cm³/mol. The van der Waals surface area contributed by atoms with E-state index in [-0.39, 0.29) is 23.1 Å². The van der Waals surface area contributed by atoms with Crippen molar-refractivity contribution in [1.82, 2.24) is 4.31 Å². The molecule has 0 bridgehead atoms. The molecule has 9 heteroatoms. The minimum absolute atomic E-state index is 0.0260. The lowest BCUT2D eigenvalue weighted by molar-refractivity contribution is -0.120. The summed E-state index contributed by atoms with van der Waals surface area (Å²) in [4.78, 5) is 12.7. The SMILES string of the molecule is COc1ccc(OC)c(S(=O)(=O)N2CCC[C@@H](C(=O)Nc3ccc(Cl)cc3)C2)c1. The molecule has 1 N–H and O–H groups in total. The molecule has 1 amide bonds. The molecule has 0 aromatic heterocycles. The molecule has 0 unspecified atom stereocenters. The summed E-state index contributed by atoms with van der Waals surface area (Å²) < 4.78 is 38.2. The third kappa shape index (κ3) is 4.83. The number of halogens is 1. The highest BCUT2D eigenvalue weighted by atomic mass is 35.5. The third-order valence-electron chi connectivity index (χ3n) is 4.86. The zero-order valence-electron chi connectivity index (χ0n) is 16.2. The summed E-state index contributed by atoms with van der Waals surface area (Å²) in [7, 11) is -0.967. The summed E-state index contributed by atoms with van der Waals surface area (Å²) >= 11 is 5.87. The van der Waals surface area contributed by atoms with Gasteiger partial charge in [0.1, 0.15) is 16.4 Å². The van der Waals surface area contributed by atoms with Crippen molar-refractivity contribution in [1.29, 1.82) is 0 Å². The van der Waals surface area contributed by atoms with Crippen LogP contribution >= 0.6 is 11.6 Å². The maximum absolute atomic E-state index is 13.2. The van der Waals surface area contributed by atoms with Gasteiger partial charge in [0, 0.05) is 29.9 Å². The zero-order valence-corrected chi connectivity index (χ0v) is 17.8. The van der Waals surface area contributed by atoms with Crippen LogP contribution < -0.4 is 14.8 Å². The van der Waals surface area contributed by atoms with Crippen molar-refractivity contribution in [2.24, 2.45) is 5.92 Å². The van der Waals surface area contributed by atoms with Crippen LogP contribution in [0.3, 0.4) is 0 Å². The van der Waals surface area contributed by atoms with E-state index in [0.29, 0.717) is 35.8 Å². The normalized spacial score (nSPS) is 17.6. The molecule has 1 atom stereocenters. The number of sulfonamides is 1. The number of methoxy groups -OCH3 is 2. The van der Waals surface area contributed by atoms with Crippen LogP contribution in [0, 0.1) is 5.92 Å². The lowest BCUT2D eigenvalue weighted by Crippen LogP contribution is -2.43. The van der Waals surface area contributed by atoms with E-state index in [1.807, 2.05) is 0 Å². The van der Waals surface area contributed by atoms with Crippen molar-refractivity contribution in [2.45, 2.75) is 17.7 Å². The Bertz CT molecular complexity index is 979. The maximum atomic E-state index is 13.2. The number of rotatable bonds is 6. The molecule has 1 heterocycles. The fourth-order valence-electron chi connectivity index (χ4n) is 3.28. The maximum Gasteiger partial charge on any atom is 0.246 e. The quantitative estimate of drug-likeness (QED) is 0.747. The first-order valence-corrected chi connectivity index (χ1v) is 11.0. The second kappa shape index (κ2) is 9.02. The van der Waals surface area contributed by atoms with Crippen LogP contribution in [0.15, 0.2) is 47.4 Å². The molecule has 1 fully saturated rings. The van der Waals surface area contributed by atoms with Gasteiger partial charge in [-0.05, 0) is 49.2 Å². The number of carbonyl (C=O) groups is 1. The van der Waals surface area contributed by atoms with E-state index in [9.17, 15) is 13.2 Å². The van der Waals surface area contributed by atoms with Crippen LogP contribution in [0.4, 0.5) is 5.69 Å². The molecule has 2 aromatic carbocycles. The van der Waals surface area contributed by atoms with Crippen molar-refractivity contribution in [2.75, 3.05) is 32.6 Å². The number of hydrogen-bond donors (Lipinski definition) is 1. The molecular formula is C20H23ClN2O5S. The van der Waals surface area contributed by atoms with Gasteiger partial charge in [0.25, 0.3) is 0 Å². The van der Waals surface area contributed by atoms with Crippen LogP contribution in [-0.4, -0.2) is 45.9 Å². The molecule has 0 saturated carbocycles. The average Bonchev–Trinajstić information content (AvgIpc) is 2.74. The minimum Gasteiger partial charge on any atom is -0.497 e. The van der Waals surface area contributed by atoms with Crippen LogP contribution in [-0.2, 0) is 14.8 Å². The van der Waals surface area contributed by atoms with Crippen LogP contribution in [0.1, 0.15) is 12.8 Å². The Labute approximate surface area is 175 Å². The zero-order chi connectivity index (χ0) is 21.0. The smallest absolute Gasteiger partial charge is 0.246 e. The number of hydrogen-bond acceptors (Lipinski definition) is 5. The van der Waals surface area contributed by atoms with Gasteiger partial charge >= 0.3 is 0 Å². The summed E-state index contributed by atoms with van der Waals surface area (Å²) in [6, 6.07) is 11.4. The topological polar surface area (TPSA) is 84.9 Å². The third-order valence-corrected chi connectivity index (χ3v) is 6.99.